The van der Waals surface area contributed by atoms with Gasteiger partial charge >= 0.3 is 0 Å². The van der Waals surface area contributed by atoms with Crippen LogP contribution in [0, 0.1) is 0 Å². The monoisotopic (exact) mass is 766 g/mol. The summed E-state index contributed by atoms with van der Waals surface area (Å²) in [5, 5.41) is 4.63. The Morgan fingerprint density at radius 1 is 0.317 bits per heavy atom. The number of para-hydroxylation sites is 1. The fraction of sp³-hybridized carbons (Fsp3) is 0.103. The highest BCUT2D eigenvalue weighted by Gasteiger charge is 2.37. The SMILES string of the molecule is CC1(C)c2ccccc2-c2ccc(-c3cc(-c4ccc5c(c4)C(C)(C)c4ccccc4-5)c4cc(-c5ccc(-c6ccc7ccccc7n6)cc5)c5ccccc5c4n3)cc21. The maximum atomic E-state index is 5.62. The van der Waals surface area contributed by atoms with Gasteiger partial charge in [-0.05, 0) is 109 Å². The third-order valence-corrected chi connectivity index (χ3v) is 13.7. The lowest BCUT2D eigenvalue weighted by Crippen LogP contribution is -2.15. The summed E-state index contributed by atoms with van der Waals surface area (Å²) in [4.78, 5) is 10.6. The molecule has 0 saturated heterocycles. The summed E-state index contributed by atoms with van der Waals surface area (Å²) in [7, 11) is 0. The zero-order chi connectivity index (χ0) is 40.3. The van der Waals surface area contributed by atoms with Crippen molar-refractivity contribution in [2.24, 2.45) is 0 Å². The first-order chi connectivity index (χ1) is 29.2. The Bertz CT molecular complexity index is 3420. The Labute approximate surface area is 350 Å². The molecule has 284 valence electrons. The first-order valence-corrected chi connectivity index (χ1v) is 21.1. The van der Waals surface area contributed by atoms with Gasteiger partial charge in [0.1, 0.15) is 0 Å². The van der Waals surface area contributed by atoms with Gasteiger partial charge in [0.05, 0.1) is 22.4 Å². The molecule has 0 amide bonds. The second kappa shape index (κ2) is 12.7. The van der Waals surface area contributed by atoms with E-state index in [9.17, 15) is 0 Å². The van der Waals surface area contributed by atoms with E-state index in [4.69, 9.17) is 9.97 Å². The van der Waals surface area contributed by atoms with E-state index in [0.717, 1.165) is 49.7 Å². The molecule has 60 heavy (non-hydrogen) atoms. The number of benzene rings is 8. The zero-order valence-electron chi connectivity index (χ0n) is 34.2. The van der Waals surface area contributed by atoms with Crippen LogP contribution in [0.15, 0.2) is 182 Å². The van der Waals surface area contributed by atoms with Gasteiger partial charge in [0.25, 0.3) is 0 Å². The Kier molecular flexibility index (Phi) is 7.36. The largest absolute Gasteiger partial charge is 0.248 e. The van der Waals surface area contributed by atoms with E-state index in [2.05, 4.69) is 204 Å². The van der Waals surface area contributed by atoms with Crippen molar-refractivity contribution >= 4 is 32.6 Å². The van der Waals surface area contributed by atoms with Crippen LogP contribution in [0.5, 0.6) is 0 Å². The summed E-state index contributed by atoms with van der Waals surface area (Å²) in [6.07, 6.45) is 0. The third-order valence-electron chi connectivity index (χ3n) is 13.7. The highest BCUT2D eigenvalue weighted by atomic mass is 14.7. The molecule has 10 aromatic rings. The van der Waals surface area contributed by atoms with Crippen molar-refractivity contribution in [3.63, 3.8) is 0 Å². The summed E-state index contributed by atoms with van der Waals surface area (Å²) in [5.74, 6) is 0. The molecule has 0 bridgehead atoms. The van der Waals surface area contributed by atoms with Gasteiger partial charge in [-0.1, -0.05) is 173 Å². The van der Waals surface area contributed by atoms with Crippen molar-refractivity contribution in [2.45, 2.75) is 38.5 Å². The topological polar surface area (TPSA) is 25.8 Å². The molecule has 2 aliphatic rings. The van der Waals surface area contributed by atoms with Gasteiger partial charge in [-0.15, -0.1) is 0 Å². The molecular weight excluding hydrogens is 725 g/mol. The Balaban J connectivity index is 1.07. The number of hydrogen-bond acceptors (Lipinski definition) is 2. The summed E-state index contributed by atoms with van der Waals surface area (Å²) < 4.78 is 0. The lowest BCUT2D eigenvalue weighted by Gasteiger charge is -2.23. The summed E-state index contributed by atoms with van der Waals surface area (Å²) in [6.45, 7) is 9.44. The second-order valence-corrected chi connectivity index (χ2v) is 17.7. The number of nitrogens with zero attached hydrogens (tertiary/aromatic N) is 2. The predicted molar refractivity (Wildman–Crippen MR) is 251 cm³/mol. The smallest absolute Gasteiger partial charge is 0.0794 e. The highest BCUT2D eigenvalue weighted by Crippen LogP contribution is 2.52. The standard InChI is InChI=1S/C58H42N2/c1-57(2)49-18-10-8-15-41(49)43-28-25-38(31-51(43)57)47-34-55(39-26-29-44-42-16-9-11-19-50(42)58(3,4)52(44)32-39)60-56-45-17-7-6-14-40(45)46(33-48(47)56)35-21-23-37(24-22-35)54-30-27-36-13-5-12-20-53(36)59-54/h5-34H,1-4H3. The molecule has 2 aromatic heterocycles. The molecule has 12 rings (SSSR count). The summed E-state index contributed by atoms with van der Waals surface area (Å²) in [5.41, 5.74) is 21.5. The summed E-state index contributed by atoms with van der Waals surface area (Å²) >= 11 is 0. The highest BCUT2D eigenvalue weighted by molar-refractivity contribution is 6.16. The number of rotatable bonds is 4. The maximum absolute atomic E-state index is 5.62. The zero-order valence-corrected chi connectivity index (χ0v) is 34.2. The van der Waals surface area contributed by atoms with Crippen LogP contribution < -0.4 is 0 Å². The van der Waals surface area contributed by atoms with Crippen molar-refractivity contribution in [3.8, 4) is 67.0 Å². The minimum atomic E-state index is -0.117. The lowest BCUT2D eigenvalue weighted by atomic mass is 9.81. The molecular formula is C58H42N2. The normalized spacial score (nSPS) is 14.3. The van der Waals surface area contributed by atoms with E-state index < -0.39 is 0 Å². The van der Waals surface area contributed by atoms with Crippen LogP contribution in [0.2, 0.25) is 0 Å². The lowest BCUT2D eigenvalue weighted by molar-refractivity contribution is 0.660. The van der Waals surface area contributed by atoms with Crippen molar-refractivity contribution < 1.29 is 0 Å². The van der Waals surface area contributed by atoms with Crippen molar-refractivity contribution in [1.82, 2.24) is 9.97 Å². The molecule has 0 N–H and O–H groups in total. The van der Waals surface area contributed by atoms with Gasteiger partial charge in [0.15, 0.2) is 0 Å². The number of pyridine rings is 2. The van der Waals surface area contributed by atoms with Crippen LogP contribution in [-0.4, -0.2) is 9.97 Å². The molecule has 8 aromatic carbocycles. The molecule has 0 saturated carbocycles. The van der Waals surface area contributed by atoms with E-state index in [1.807, 2.05) is 6.07 Å². The Morgan fingerprint density at radius 2 is 0.850 bits per heavy atom. The van der Waals surface area contributed by atoms with Crippen LogP contribution >= 0.6 is 0 Å². The van der Waals surface area contributed by atoms with Gasteiger partial charge in [-0.2, -0.15) is 0 Å². The average molecular weight is 767 g/mol. The van der Waals surface area contributed by atoms with Crippen LogP contribution in [-0.2, 0) is 10.8 Å². The molecule has 0 aliphatic heterocycles. The molecule has 2 heterocycles. The minimum Gasteiger partial charge on any atom is -0.248 e. The van der Waals surface area contributed by atoms with Gasteiger partial charge < -0.3 is 0 Å². The second-order valence-electron chi connectivity index (χ2n) is 17.7. The molecule has 0 atom stereocenters. The van der Waals surface area contributed by atoms with Crippen molar-refractivity contribution in [2.75, 3.05) is 0 Å². The van der Waals surface area contributed by atoms with E-state index >= 15 is 0 Å². The number of hydrogen-bond donors (Lipinski definition) is 0. The van der Waals surface area contributed by atoms with Crippen LogP contribution in [0.1, 0.15) is 49.9 Å². The van der Waals surface area contributed by atoms with Gasteiger partial charge in [-0.25, -0.2) is 9.97 Å². The summed E-state index contributed by atoms with van der Waals surface area (Å²) in [6, 6.07) is 66.9. The molecule has 2 nitrogen and oxygen atoms in total. The van der Waals surface area contributed by atoms with Gasteiger partial charge in [0, 0.05) is 38.1 Å². The molecule has 0 fully saturated rings. The fourth-order valence-corrected chi connectivity index (χ4v) is 10.5. The van der Waals surface area contributed by atoms with E-state index in [-0.39, 0.29) is 10.8 Å². The van der Waals surface area contributed by atoms with Gasteiger partial charge in [0.2, 0.25) is 0 Å². The van der Waals surface area contributed by atoms with Gasteiger partial charge in [-0.3, -0.25) is 0 Å². The first-order valence-electron chi connectivity index (χ1n) is 21.1. The third kappa shape index (κ3) is 5.07. The Hall–Kier alpha value is -7.16. The van der Waals surface area contributed by atoms with Crippen molar-refractivity contribution in [1.29, 1.82) is 0 Å². The minimum absolute atomic E-state index is 0.107. The molecule has 2 aliphatic carbocycles. The van der Waals surface area contributed by atoms with Crippen molar-refractivity contribution in [3.05, 3.63) is 204 Å². The van der Waals surface area contributed by atoms with E-state index in [1.54, 1.807) is 0 Å². The molecule has 0 radical (unpaired) electrons. The fourth-order valence-electron chi connectivity index (χ4n) is 10.5. The number of aromatic nitrogens is 2. The Morgan fingerprint density at radius 3 is 1.57 bits per heavy atom. The quantitative estimate of drug-likeness (QED) is 0.167. The average Bonchev–Trinajstić information content (AvgIpc) is 3.67. The first kappa shape index (κ1) is 34.8. The van der Waals surface area contributed by atoms with Crippen LogP contribution in [0.3, 0.4) is 0 Å². The maximum Gasteiger partial charge on any atom is 0.0794 e. The van der Waals surface area contributed by atoms with E-state index in [1.165, 1.54) is 72.1 Å². The molecule has 2 heteroatoms. The molecule has 0 unspecified atom stereocenters. The van der Waals surface area contributed by atoms with Crippen LogP contribution in [0.4, 0.5) is 0 Å². The predicted octanol–water partition coefficient (Wildman–Crippen LogP) is 15.2. The van der Waals surface area contributed by atoms with E-state index in [0.29, 0.717) is 0 Å². The van der Waals surface area contributed by atoms with Crippen LogP contribution in [0.25, 0.3) is 99.6 Å². The molecule has 0 spiro atoms. The number of fused-ring (bicyclic) bond motifs is 10.